The minimum absolute atomic E-state index is 0.158. The van der Waals surface area contributed by atoms with Crippen molar-refractivity contribution in [1.82, 2.24) is 24.5 Å². The third-order valence-corrected chi connectivity index (χ3v) is 9.12. The highest BCUT2D eigenvalue weighted by Gasteiger charge is 2.29. The number of imidazole rings is 1. The molecule has 35 heavy (non-hydrogen) atoms. The van der Waals surface area contributed by atoms with E-state index in [0.29, 0.717) is 50.3 Å². The summed E-state index contributed by atoms with van der Waals surface area (Å²) in [7, 11) is -3.69. The Hall–Kier alpha value is -3.19. The van der Waals surface area contributed by atoms with Crippen LogP contribution in [0.2, 0.25) is 0 Å². The van der Waals surface area contributed by atoms with Crippen LogP contribution in [0.15, 0.2) is 52.2 Å². The largest absolute Gasteiger partial charge is 0.338 e. The fourth-order valence-electron chi connectivity index (χ4n) is 4.34. The van der Waals surface area contributed by atoms with Crippen molar-refractivity contribution in [3.8, 4) is 0 Å². The molecule has 2 amide bonds. The quantitative estimate of drug-likeness (QED) is 0.314. The number of amides is 2. The molecule has 0 spiro atoms. The monoisotopic (exact) mass is 514 g/mol. The number of carbonyl (C=O) groups excluding carboxylic acids is 1. The maximum absolute atomic E-state index is 13.2. The maximum atomic E-state index is 13.2. The van der Waals surface area contributed by atoms with Crippen molar-refractivity contribution in [2.75, 3.05) is 38.0 Å². The Balaban J connectivity index is 1.31. The molecule has 1 aliphatic rings. The van der Waals surface area contributed by atoms with Crippen LogP contribution < -0.4 is 16.3 Å². The first-order valence-electron chi connectivity index (χ1n) is 11.3. The van der Waals surface area contributed by atoms with E-state index in [4.69, 9.17) is 0 Å². The molecule has 5 rings (SSSR count). The van der Waals surface area contributed by atoms with E-state index in [1.54, 1.807) is 6.07 Å². The lowest BCUT2D eigenvalue weighted by Crippen LogP contribution is -2.48. The summed E-state index contributed by atoms with van der Waals surface area (Å²) in [6, 6.07) is 12.4. The van der Waals surface area contributed by atoms with Gasteiger partial charge in [-0.2, -0.15) is 4.31 Å². The summed E-state index contributed by atoms with van der Waals surface area (Å²) in [5.41, 5.74) is 1.70. The van der Waals surface area contributed by atoms with Crippen molar-refractivity contribution >= 4 is 53.5 Å². The second-order valence-electron chi connectivity index (χ2n) is 8.36. The molecule has 1 aliphatic heterocycles. The Bertz CT molecular complexity index is 1550. The zero-order valence-electron chi connectivity index (χ0n) is 19.1. The van der Waals surface area contributed by atoms with Crippen LogP contribution in [-0.2, 0) is 16.6 Å². The smallest absolute Gasteiger partial charge is 0.323 e. The molecule has 0 radical (unpaired) electrons. The zero-order valence-corrected chi connectivity index (χ0v) is 20.8. The Kier molecular flexibility index (Phi) is 6.36. The molecule has 2 aromatic carbocycles. The number of urea groups is 1. The molecule has 4 N–H and O–H groups in total. The Morgan fingerprint density at radius 3 is 2.57 bits per heavy atom. The molecule has 2 aromatic heterocycles. The van der Waals surface area contributed by atoms with Crippen LogP contribution in [0, 0.1) is 0 Å². The third kappa shape index (κ3) is 4.69. The lowest BCUT2D eigenvalue weighted by atomic mass is 10.1. The van der Waals surface area contributed by atoms with E-state index >= 15 is 0 Å². The van der Waals surface area contributed by atoms with Gasteiger partial charge in [-0.05, 0) is 36.6 Å². The molecule has 184 valence electrons. The standard InChI is InChI=1S/C23H26N6O4S2/c1-2-24-22(30)27-21-17(16-5-3-4-6-20(16)34-21)14-28-9-11-29(12-10-28)35(32,33)15-7-8-18-19(13-15)26-23(31)25-18/h3-8,13H,2,9-12,14H2,1H3,(H2,24,27,30)(H2,25,26,31). The number of nitrogens with zero attached hydrogens (tertiary/aromatic N) is 2. The van der Waals surface area contributed by atoms with Crippen LogP contribution >= 0.6 is 11.3 Å². The number of thiophene rings is 1. The van der Waals surface area contributed by atoms with Gasteiger partial charge in [0.25, 0.3) is 0 Å². The van der Waals surface area contributed by atoms with Crippen molar-refractivity contribution < 1.29 is 13.2 Å². The van der Waals surface area contributed by atoms with E-state index < -0.39 is 10.0 Å². The number of aromatic nitrogens is 2. The lowest BCUT2D eigenvalue weighted by Gasteiger charge is -2.34. The third-order valence-electron chi connectivity index (χ3n) is 6.10. The number of sulfonamides is 1. The Morgan fingerprint density at radius 2 is 1.80 bits per heavy atom. The van der Waals surface area contributed by atoms with E-state index in [9.17, 15) is 18.0 Å². The van der Waals surface area contributed by atoms with Crippen LogP contribution in [0.3, 0.4) is 0 Å². The molecule has 0 aliphatic carbocycles. The normalized spacial score (nSPS) is 15.6. The highest BCUT2D eigenvalue weighted by molar-refractivity contribution is 7.89. The highest BCUT2D eigenvalue weighted by Crippen LogP contribution is 2.36. The van der Waals surface area contributed by atoms with Gasteiger partial charge in [-0.1, -0.05) is 18.2 Å². The summed E-state index contributed by atoms with van der Waals surface area (Å²) >= 11 is 1.54. The first-order chi connectivity index (χ1) is 16.8. The molecule has 1 saturated heterocycles. The molecule has 10 nitrogen and oxygen atoms in total. The molecule has 0 saturated carbocycles. The van der Waals surface area contributed by atoms with Gasteiger partial charge in [0.2, 0.25) is 10.0 Å². The topological polar surface area (TPSA) is 130 Å². The fourth-order valence-corrected chi connectivity index (χ4v) is 6.90. The van der Waals surface area contributed by atoms with E-state index in [0.717, 1.165) is 20.7 Å². The van der Waals surface area contributed by atoms with Crippen LogP contribution in [0.4, 0.5) is 9.80 Å². The summed E-state index contributed by atoms with van der Waals surface area (Å²) in [6.45, 7) is 4.84. The van der Waals surface area contributed by atoms with Crippen LogP contribution in [0.5, 0.6) is 0 Å². The van der Waals surface area contributed by atoms with Crippen molar-refractivity contribution in [3.05, 3.63) is 58.5 Å². The Labute approximate surface area is 206 Å². The molecular formula is C23H26N6O4S2. The van der Waals surface area contributed by atoms with E-state index in [1.807, 2.05) is 31.2 Å². The first-order valence-corrected chi connectivity index (χ1v) is 13.6. The molecule has 0 unspecified atom stereocenters. The number of H-pyrrole nitrogens is 2. The van der Waals surface area contributed by atoms with Gasteiger partial charge in [-0.25, -0.2) is 18.0 Å². The molecule has 1 fully saturated rings. The number of aromatic amines is 2. The number of anilines is 1. The van der Waals surface area contributed by atoms with Gasteiger partial charge >= 0.3 is 11.7 Å². The fraction of sp³-hybridized carbons (Fsp3) is 0.304. The minimum atomic E-state index is -3.69. The van der Waals surface area contributed by atoms with E-state index in [2.05, 4.69) is 25.5 Å². The zero-order chi connectivity index (χ0) is 24.6. The number of fused-ring (bicyclic) bond motifs is 2. The predicted octanol–water partition coefficient (Wildman–Crippen LogP) is 2.72. The molecule has 12 heteroatoms. The predicted molar refractivity (Wildman–Crippen MR) is 137 cm³/mol. The van der Waals surface area contributed by atoms with E-state index in [1.165, 1.54) is 27.8 Å². The summed E-state index contributed by atoms with van der Waals surface area (Å²) in [5.74, 6) is 0. The number of nitrogens with one attached hydrogen (secondary N) is 4. The first kappa shape index (κ1) is 23.5. The van der Waals surface area contributed by atoms with Crippen molar-refractivity contribution in [2.45, 2.75) is 18.4 Å². The van der Waals surface area contributed by atoms with Gasteiger partial charge in [0.15, 0.2) is 0 Å². The lowest BCUT2D eigenvalue weighted by molar-refractivity contribution is 0.182. The molecule has 4 aromatic rings. The van der Waals surface area contributed by atoms with Gasteiger partial charge < -0.3 is 15.3 Å². The van der Waals surface area contributed by atoms with Crippen molar-refractivity contribution in [2.24, 2.45) is 0 Å². The summed E-state index contributed by atoms with van der Waals surface area (Å²) in [5, 5.41) is 7.63. The second-order valence-corrected chi connectivity index (χ2v) is 11.3. The average Bonchev–Trinajstić information content (AvgIpc) is 3.38. The SMILES string of the molecule is CCNC(=O)Nc1sc2ccccc2c1CN1CCN(S(=O)(=O)c2ccc3[nH]c(=O)[nH]c3c2)CC1. The summed E-state index contributed by atoms with van der Waals surface area (Å²) < 4.78 is 29.0. The van der Waals surface area contributed by atoms with Crippen LogP contribution in [0.25, 0.3) is 21.1 Å². The maximum Gasteiger partial charge on any atom is 0.323 e. The van der Waals surface area contributed by atoms with Crippen molar-refractivity contribution in [1.29, 1.82) is 0 Å². The number of rotatable bonds is 6. The number of carbonyl (C=O) groups is 1. The molecule has 3 heterocycles. The summed E-state index contributed by atoms with van der Waals surface area (Å²) in [6.07, 6.45) is 0. The average molecular weight is 515 g/mol. The van der Waals surface area contributed by atoms with Gasteiger partial charge in [0.05, 0.1) is 15.9 Å². The van der Waals surface area contributed by atoms with Crippen molar-refractivity contribution in [3.63, 3.8) is 0 Å². The second kappa shape index (κ2) is 9.46. The number of benzene rings is 2. The van der Waals surface area contributed by atoms with Crippen LogP contribution in [0.1, 0.15) is 12.5 Å². The Morgan fingerprint density at radius 1 is 1.06 bits per heavy atom. The van der Waals surface area contributed by atoms with Gasteiger partial charge in [0, 0.05) is 49.5 Å². The number of piperazine rings is 1. The van der Waals surface area contributed by atoms with E-state index in [-0.39, 0.29) is 16.6 Å². The highest BCUT2D eigenvalue weighted by atomic mass is 32.2. The van der Waals surface area contributed by atoms with Crippen LogP contribution in [-0.4, -0.2) is 66.3 Å². The molecule has 0 bridgehead atoms. The van der Waals surface area contributed by atoms with Gasteiger partial charge in [0.1, 0.15) is 5.00 Å². The molecule has 0 atom stereocenters. The summed E-state index contributed by atoms with van der Waals surface area (Å²) in [4.78, 5) is 31.3. The van der Waals surface area contributed by atoms with Gasteiger partial charge in [-0.15, -0.1) is 11.3 Å². The minimum Gasteiger partial charge on any atom is -0.338 e. The number of hydrogen-bond acceptors (Lipinski definition) is 6. The van der Waals surface area contributed by atoms with Gasteiger partial charge in [-0.3, -0.25) is 10.2 Å². The molecular weight excluding hydrogens is 488 g/mol. The number of hydrogen-bond donors (Lipinski definition) is 4.